The SMILES string of the molecule is CCC(=O)N(C)C(CN1CCOCC1)c1ccc(-c2ccccc2NC(C)=O)cc1.O=c1[nH]c2cc(Cl)ccc2s1. The summed E-state index contributed by atoms with van der Waals surface area (Å²) >= 11 is 6.90. The second-order valence-corrected chi connectivity index (χ2v) is 11.2. The Balaban J connectivity index is 0.000000291. The quantitative estimate of drug-likeness (QED) is 0.282. The number of benzene rings is 3. The normalized spacial score (nSPS) is 14.1. The Bertz CT molecular complexity index is 1530. The van der Waals surface area contributed by atoms with Gasteiger partial charge in [0, 0.05) is 56.3 Å². The van der Waals surface area contributed by atoms with E-state index in [2.05, 4.69) is 39.5 Å². The summed E-state index contributed by atoms with van der Waals surface area (Å²) in [6, 6.07) is 21.4. The fourth-order valence-electron chi connectivity index (χ4n) is 4.75. The molecule has 0 spiro atoms. The molecule has 1 unspecified atom stereocenters. The number of hydrogen-bond donors (Lipinski definition) is 2. The van der Waals surface area contributed by atoms with Crippen molar-refractivity contribution in [1.29, 1.82) is 0 Å². The van der Waals surface area contributed by atoms with Gasteiger partial charge in [0.15, 0.2) is 0 Å². The molecule has 0 saturated carbocycles. The summed E-state index contributed by atoms with van der Waals surface area (Å²) in [5.41, 5.74) is 4.71. The van der Waals surface area contributed by atoms with Crippen LogP contribution in [-0.2, 0) is 14.3 Å². The monoisotopic (exact) mass is 594 g/mol. The maximum atomic E-state index is 12.4. The summed E-state index contributed by atoms with van der Waals surface area (Å²) < 4.78 is 6.41. The fourth-order valence-corrected chi connectivity index (χ4v) is 5.63. The van der Waals surface area contributed by atoms with Gasteiger partial charge >= 0.3 is 4.87 Å². The number of nitrogens with one attached hydrogen (secondary N) is 2. The lowest BCUT2D eigenvalue weighted by molar-refractivity contribution is -0.132. The first-order chi connectivity index (χ1) is 19.7. The molecular weight excluding hydrogens is 560 g/mol. The van der Waals surface area contributed by atoms with E-state index < -0.39 is 0 Å². The number of hydrogen-bond acceptors (Lipinski definition) is 6. The minimum absolute atomic E-state index is 0.0183. The zero-order valence-electron chi connectivity index (χ0n) is 23.5. The molecule has 1 saturated heterocycles. The lowest BCUT2D eigenvalue weighted by Crippen LogP contribution is -2.43. The highest BCUT2D eigenvalue weighted by Gasteiger charge is 2.24. The van der Waals surface area contributed by atoms with Crippen molar-refractivity contribution in [2.75, 3.05) is 45.2 Å². The summed E-state index contributed by atoms with van der Waals surface area (Å²) in [5, 5.41) is 3.54. The Morgan fingerprint density at radius 3 is 2.49 bits per heavy atom. The number of amides is 2. The van der Waals surface area contributed by atoms with Crippen LogP contribution in [0.15, 0.2) is 71.5 Å². The molecule has 41 heavy (non-hydrogen) atoms. The lowest BCUT2D eigenvalue weighted by atomic mass is 9.98. The number of rotatable bonds is 7. The summed E-state index contributed by atoms with van der Waals surface area (Å²) in [7, 11) is 1.89. The largest absolute Gasteiger partial charge is 0.379 e. The number of aromatic nitrogens is 1. The summed E-state index contributed by atoms with van der Waals surface area (Å²) in [6.07, 6.45) is 0.484. The van der Waals surface area contributed by atoms with E-state index in [4.69, 9.17) is 16.3 Å². The summed E-state index contributed by atoms with van der Waals surface area (Å²) in [6.45, 7) is 7.42. The van der Waals surface area contributed by atoms with E-state index in [-0.39, 0.29) is 22.7 Å². The molecule has 5 rings (SSSR count). The number of carbonyl (C=O) groups is 2. The molecule has 10 heteroatoms. The van der Waals surface area contributed by atoms with Crippen LogP contribution in [0.5, 0.6) is 0 Å². The van der Waals surface area contributed by atoms with Crippen molar-refractivity contribution < 1.29 is 14.3 Å². The van der Waals surface area contributed by atoms with Crippen LogP contribution in [0.25, 0.3) is 21.3 Å². The standard InChI is InChI=1S/C24H31N3O3.C7H4ClNOS/c1-4-24(29)26(3)23(17-27-13-15-30-16-14-27)20-11-9-19(10-12-20)21-7-5-6-8-22(21)25-18(2)28;8-4-1-2-6-5(3-4)9-7(10)11-6/h5-12,23H,4,13-17H2,1-3H3,(H,25,28);1-3H,(H,9,10). The molecule has 2 heterocycles. The maximum absolute atomic E-state index is 12.4. The van der Waals surface area contributed by atoms with Crippen molar-refractivity contribution in [1.82, 2.24) is 14.8 Å². The molecule has 1 atom stereocenters. The highest BCUT2D eigenvalue weighted by molar-refractivity contribution is 7.16. The molecule has 0 aliphatic carbocycles. The number of H-pyrrole nitrogens is 1. The van der Waals surface area contributed by atoms with Gasteiger partial charge in [-0.1, -0.05) is 72.3 Å². The van der Waals surface area contributed by atoms with Gasteiger partial charge in [0.2, 0.25) is 11.8 Å². The zero-order chi connectivity index (χ0) is 29.4. The third-order valence-corrected chi connectivity index (χ3v) is 8.02. The Kier molecular flexibility index (Phi) is 10.7. The average molecular weight is 595 g/mol. The number of halogens is 1. The van der Waals surface area contributed by atoms with Gasteiger partial charge in [0.05, 0.1) is 29.5 Å². The van der Waals surface area contributed by atoms with Gasteiger partial charge in [-0.2, -0.15) is 0 Å². The van der Waals surface area contributed by atoms with Crippen LogP contribution in [0.2, 0.25) is 5.02 Å². The molecule has 1 aliphatic rings. The van der Waals surface area contributed by atoms with E-state index in [1.807, 2.05) is 49.2 Å². The van der Waals surface area contributed by atoms with E-state index >= 15 is 0 Å². The number of likely N-dealkylation sites (N-methyl/N-ethyl adjacent to an activating group) is 1. The first kappa shape index (κ1) is 30.5. The molecule has 3 aromatic carbocycles. The maximum Gasteiger partial charge on any atom is 0.305 e. The Morgan fingerprint density at radius 2 is 1.80 bits per heavy atom. The molecule has 0 bridgehead atoms. The smallest absolute Gasteiger partial charge is 0.305 e. The zero-order valence-corrected chi connectivity index (χ0v) is 25.1. The highest BCUT2D eigenvalue weighted by atomic mass is 35.5. The predicted octanol–water partition coefficient (Wildman–Crippen LogP) is 5.80. The van der Waals surface area contributed by atoms with E-state index in [9.17, 15) is 14.4 Å². The number of aromatic amines is 1. The Morgan fingerprint density at radius 1 is 1.10 bits per heavy atom. The Labute approximate surface area is 248 Å². The third-order valence-electron chi connectivity index (χ3n) is 6.92. The minimum atomic E-state index is -0.0932. The molecule has 1 aliphatic heterocycles. The van der Waals surface area contributed by atoms with Crippen LogP contribution in [0.4, 0.5) is 5.69 Å². The van der Waals surface area contributed by atoms with E-state index in [1.165, 1.54) is 18.3 Å². The van der Waals surface area contributed by atoms with Crippen LogP contribution in [0, 0.1) is 0 Å². The van der Waals surface area contributed by atoms with Crippen LogP contribution in [0.1, 0.15) is 31.9 Å². The first-order valence-electron chi connectivity index (χ1n) is 13.6. The molecule has 2 N–H and O–H groups in total. The molecule has 1 aromatic heterocycles. The highest BCUT2D eigenvalue weighted by Crippen LogP contribution is 2.30. The van der Waals surface area contributed by atoms with Crippen molar-refractivity contribution in [2.24, 2.45) is 0 Å². The van der Waals surface area contributed by atoms with E-state index in [1.54, 1.807) is 12.1 Å². The van der Waals surface area contributed by atoms with Crippen LogP contribution in [-0.4, -0.2) is 66.5 Å². The lowest BCUT2D eigenvalue weighted by Gasteiger charge is -2.35. The number of morpholine rings is 1. The number of thiazole rings is 1. The number of carbonyl (C=O) groups excluding carboxylic acids is 2. The van der Waals surface area contributed by atoms with Gasteiger partial charge in [-0.25, -0.2) is 0 Å². The molecule has 0 radical (unpaired) electrons. The molecular formula is C31H35ClN4O4S. The van der Waals surface area contributed by atoms with Gasteiger partial charge in [-0.15, -0.1) is 0 Å². The van der Waals surface area contributed by atoms with Crippen molar-refractivity contribution in [2.45, 2.75) is 26.3 Å². The second kappa shape index (κ2) is 14.4. The van der Waals surface area contributed by atoms with Gasteiger partial charge in [-0.3, -0.25) is 19.3 Å². The van der Waals surface area contributed by atoms with Gasteiger partial charge in [-0.05, 0) is 35.4 Å². The van der Waals surface area contributed by atoms with Crippen molar-refractivity contribution in [3.8, 4) is 11.1 Å². The van der Waals surface area contributed by atoms with Crippen LogP contribution in [0.3, 0.4) is 0 Å². The number of fused-ring (bicyclic) bond motifs is 1. The number of para-hydroxylation sites is 1. The predicted molar refractivity (Wildman–Crippen MR) is 167 cm³/mol. The summed E-state index contributed by atoms with van der Waals surface area (Å²) in [5.74, 6) is 0.0395. The van der Waals surface area contributed by atoms with Gasteiger partial charge in [0.25, 0.3) is 0 Å². The Hall–Kier alpha value is -3.50. The molecule has 4 aromatic rings. The average Bonchev–Trinajstić information content (AvgIpc) is 3.35. The fraction of sp³-hybridized carbons (Fsp3) is 0.323. The van der Waals surface area contributed by atoms with Gasteiger partial charge < -0.3 is 19.9 Å². The number of ether oxygens (including phenoxy) is 1. The number of nitrogens with zero attached hydrogens (tertiary/aromatic N) is 2. The van der Waals surface area contributed by atoms with Crippen LogP contribution < -0.4 is 10.2 Å². The van der Waals surface area contributed by atoms with Crippen molar-refractivity contribution in [3.63, 3.8) is 0 Å². The van der Waals surface area contributed by atoms with Crippen molar-refractivity contribution in [3.05, 3.63) is 87.0 Å². The molecule has 2 amide bonds. The topological polar surface area (TPSA) is 94.7 Å². The third kappa shape index (κ3) is 8.27. The van der Waals surface area contributed by atoms with Crippen molar-refractivity contribution >= 4 is 50.7 Å². The second-order valence-electron chi connectivity index (χ2n) is 9.79. The molecule has 216 valence electrons. The van der Waals surface area contributed by atoms with Gasteiger partial charge in [0.1, 0.15) is 0 Å². The summed E-state index contributed by atoms with van der Waals surface area (Å²) in [4.78, 5) is 41.7. The minimum Gasteiger partial charge on any atom is -0.379 e. The van der Waals surface area contributed by atoms with E-state index in [0.29, 0.717) is 11.4 Å². The molecule has 8 nitrogen and oxygen atoms in total. The van der Waals surface area contributed by atoms with E-state index in [0.717, 1.165) is 65.4 Å². The van der Waals surface area contributed by atoms with Crippen LogP contribution >= 0.6 is 22.9 Å². The molecule has 1 fully saturated rings. The first-order valence-corrected chi connectivity index (χ1v) is 14.8. The number of anilines is 1.